The van der Waals surface area contributed by atoms with Crippen molar-refractivity contribution in [3.63, 3.8) is 0 Å². The number of ether oxygens (including phenoxy) is 1. The molecule has 130 valence electrons. The second-order valence-electron chi connectivity index (χ2n) is 6.12. The largest absolute Gasteiger partial charge is 0.464 e. The molecule has 1 aliphatic rings. The number of amides is 1. The summed E-state index contributed by atoms with van der Waals surface area (Å²) in [5.74, 6) is 1.83. The molecule has 1 aliphatic heterocycles. The van der Waals surface area contributed by atoms with Gasteiger partial charge in [-0.25, -0.2) is 0 Å². The van der Waals surface area contributed by atoms with E-state index in [1.807, 2.05) is 23.2 Å². The van der Waals surface area contributed by atoms with Crippen molar-refractivity contribution in [2.24, 2.45) is 0 Å². The van der Waals surface area contributed by atoms with Gasteiger partial charge in [-0.2, -0.15) is 5.10 Å². The van der Waals surface area contributed by atoms with Gasteiger partial charge in [-0.05, 0) is 37.5 Å². The van der Waals surface area contributed by atoms with E-state index in [9.17, 15) is 4.79 Å². The fourth-order valence-electron chi connectivity index (χ4n) is 3.17. The van der Waals surface area contributed by atoms with Gasteiger partial charge in [0.2, 0.25) is 0 Å². The number of carbonyl (C=O) groups excluding carboxylic acids is 1. The van der Waals surface area contributed by atoms with E-state index in [4.69, 9.17) is 9.15 Å². The molecule has 3 rings (SSSR count). The topological polar surface area (TPSA) is 60.5 Å². The number of hydrogen-bond donors (Lipinski definition) is 0. The molecule has 1 fully saturated rings. The van der Waals surface area contributed by atoms with Crippen molar-refractivity contribution >= 4 is 5.91 Å². The predicted octanol–water partition coefficient (Wildman–Crippen LogP) is 3.05. The lowest BCUT2D eigenvalue weighted by Gasteiger charge is -2.34. The van der Waals surface area contributed by atoms with Gasteiger partial charge in [0.05, 0.1) is 19.2 Å². The summed E-state index contributed by atoms with van der Waals surface area (Å²) in [4.78, 5) is 14.8. The third-order valence-electron chi connectivity index (χ3n) is 4.51. The van der Waals surface area contributed by atoms with Crippen LogP contribution in [-0.2, 0) is 17.7 Å². The van der Waals surface area contributed by atoms with E-state index in [0.717, 1.165) is 43.7 Å². The van der Waals surface area contributed by atoms with E-state index in [1.54, 1.807) is 17.9 Å². The average molecular weight is 331 g/mol. The van der Waals surface area contributed by atoms with Gasteiger partial charge < -0.3 is 14.1 Å². The van der Waals surface area contributed by atoms with E-state index < -0.39 is 0 Å². The molecule has 0 radical (unpaired) electrons. The average Bonchev–Trinajstić information content (AvgIpc) is 3.28. The second-order valence-corrected chi connectivity index (χ2v) is 6.12. The molecule has 2 aromatic rings. The maximum atomic E-state index is 12.9. The number of aromatic nitrogens is 2. The Morgan fingerprint density at radius 3 is 3.00 bits per heavy atom. The van der Waals surface area contributed by atoms with Gasteiger partial charge in [-0.1, -0.05) is 6.92 Å². The highest BCUT2D eigenvalue weighted by atomic mass is 16.5. The Balaban J connectivity index is 1.76. The maximum Gasteiger partial charge on any atom is 0.274 e. The Morgan fingerprint density at radius 1 is 1.38 bits per heavy atom. The van der Waals surface area contributed by atoms with E-state index in [2.05, 4.69) is 12.0 Å². The lowest BCUT2D eigenvalue weighted by molar-refractivity contribution is 0.0571. The maximum absolute atomic E-state index is 12.9. The SMILES string of the molecule is CCc1ccc([C@H]2CCCCN2C(=O)c2ccn(CCOC)n2)o1. The summed E-state index contributed by atoms with van der Waals surface area (Å²) < 4.78 is 12.7. The molecule has 0 spiro atoms. The third-order valence-corrected chi connectivity index (χ3v) is 4.51. The first-order chi connectivity index (χ1) is 11.7. The van der Waals surface area contributed by atoms with Crippen molar-refractivity contribution in [3.05, 3.63) is 41.6 Å². The molecule has 1 atom stereocenters. The van der Waals surface area contributed by atoms with E-state index in [-0.39, 0.29) is 11.9 Å². The van der Waals surface area contributed by atoms with Crippen LogP contribution in [0.4, 0.5) is 0 Å². The molecule has 0 saturated carbocycles. The lowest BCUT2D eigenvalue weighted by Crippen LogP contribution is -2.38. The smallest absolute Gasteiger partial charge is 0.274 e. The summed E-state index contributed by atoms with van der Waals surface area (Å²) in [7, 11) is 1.65. The summed E-state index contributed by atoms with van der Waals surface area (Å²) >= 11 is 0. The normalized spacial score (nSPS) is 18.1. The highest BCUT2D eigenvalue weighted by molar-refractivity contribution is 5.92. The molecule has 0 N–H and O–H groups in total. The Morgan fingerprint density at radius 2 is 2.25 bits per heavy atom. The van der Waals surface area contributed by atoms with E-state index in [0.29, 0.717) is 18.8 Å². The number of likely N-dealkylation sites (tertiary alicyclic amines) is 1. The minimum Gasteiger partial charge on any atom is -0.464 e. The van der Waals surface area contributed by atoms with Crippen molar-refractivity contribution in [2.75, 3.05) is 20.3 Å². The quantitative estimate of drug-likeness (QED) is 0.816. The van der Waals surface area contributed by atoms with Crippen molar-refractivity contribution in [2.45, 2.75) is 45.2 Å². The molecular formula is C18H25N3O3. The molecule has 0 aromatic carbocycles. The molecule has 6 nitrogen and oxygen atoms in total. The van der Waals surface area contributed by atoms with Gasteiger partial charge in [-0.3, -0.25) is 9.48 Å². The van der Waals surface area contributed by atoms with Crippen LogP contribution in [0, 0.1) is 0 Å². The minimum absolute atomic E-state index is 0.00988. The number of furan rings is 1. The molecule has 0 aliphatic carbocycles. The monoisotopic (exact) mass is 331 g/mol. The van der Waals surface area contributed by atoms with Gasteiger partial charge in [0.15, 0.2) is 0 Å². The summed E-state index contributed by atoms with van der Waals surface area (Å²) in [6, 6.07) is 5.80. The minimum atomic E-state index is -0.0229. The first-order valence-electron chi connectivity index (χ1n) is 8.65. The molecule has 1 amide bonds. The molecule has 0 unspecified atom stereocenters. The van der Waals surface area contributed by atoms with Gasteiger partial charge >= 0.3 is 0 Å². The van der Waals surface area contributed by atoms with Crippen LogP contribution in [0.25, 0.3) is 0 Å². The summed E-state index contributed by atoms with van der Waals surface area (Å²) in [5.41, 5.74) is 0.486. The summed E-state index contributed by atoms with van der Waals surface area (Å²) in [6.07, 6.45) is 5.76. The molecule has 6 heteroatoms. The Kier molecular flexibility index (Phi) is 5.35. The van der Waals surface area contributed by atoms with E-state index >= 15 is 0 Å². The zero-order valence-electron chi connectivity index (χ0n) is 14.4. The molecule has 1 saturated heterocycles. The summed E-state index contributed by atoms with van der Waals surface area (Å²) in [5, 5.41) is 4.39. The van der Waals surface area contributed by atoms with Gasteiger partial charge in [-0.15, -0.1) is 0 Å². The fraction of sp³-hybridized carbons (Fsp3) is 0.556. The Bertz CT molecular complexity index is 677. The lowest BCUT2D eigenvalue weighted by atomic mass is 9.99. The number of nitrogens with zero attached hydrogens (tertiary/aromatic N) is 3. The number of hydrogen-bond acceptors (Lipinski definition) is 4. The number of piperidine rings is 1. The van der Waals surface area contributed by atoms with Crippen molar-refractivity contribution in [1.82, 2.24) is 14.7 Å². The Hall–Kier alpha value is -2.08. The van der Waals surface area contributed by atoms with E-state index in [1.165, 1.54) is 0 Å². The van der Waals surface area contributed by atoms with Crippen molar-refractivity contribution < 1.29 is 13.9 Å². The second kappa shape index (κ2) is 7.66. The fourth-order valence-corrected chi connectivity index (χ4v) is 3.17. The van der Waals surface area contributed by atoms with Crippen LogP contribution >= 0.6 is 0 Å². The van der Waals surface area contributed by atoms with Crippen LogP contribution in [0.5, 0.6) is 0 Å². The predicted molar refractivity (Wildman–Crippen MR) is 89.8 cm³/mol. The zero-order valence-corrected chi connectivity index (χ0v) is 14.4. The van der Waals surface area contributed by atoms with Gasteiger partial charge in [0.25, 0.3) is 5.91 Å². The van der Waals surface area contributed by atoms with Crippen molar-refractivity contribution in [1.29, 1.82) is 0 Å². The molecular weight excluding hydrogens is 306 g/mol. The highest BCUT2D eigenvalue weighted by Crippen LogP contribution is 2.33. The molecule has 2 aromatic heterocycles. The van der Waals surface area contributed by atoms with Crippen LogP contribution in [0.2, 0.25) is 0 Å². The molecule has 0 bridgehead atoms. The number of carbonyl (C=O) groups is 1. The number of methoxy groups -OCH3 is 1. The van der Waals surface area contributed by atoms with Crippen molar-refractivity contribution in [3.8, 4) is 0 Å². The zero-order chi connectivity index (χ0) is 16.9. The Labute approximate surface area is 142 Å². The first-order valence-corrected chi connectivity index (χ1v) is 8.65. The highest BCUT2D eigenvalue weighted by Gasteiger charge is 2.31. The molecule has 24 heavy (non-hydrogen) atoms. The number of rotatable bonds is 6. The number of aryl methyl sites for hydroxylation is 1. The molecule has 3 heterocycles. The van der Waals surface area contributed by atoms with Gasteiger partial charge in [0, 0.05) is 26.3 Å². The van der Waals surface area contributed by atoms with Crippen LogP contribution in [0.15, 0.2) is 28.8 Å². The van der Waals surface area contributed by atoms with Gasteiger partial charge in [0.1, 0.15) is 17.2 Å². The third kappa shape index (κ3) is 3.53. The van der Waals surface area contributed by atoms with Crippen LogP contribution in [0.1, 0.15) is 54.2 Å². The van der Waals surface area contributed by atoms with Crippen LogP contribution in [-0.4, -0.2) is 40.8 Å². The van der Waals surface area contributed by atoms with Crippen LogP contribution in [0.3, 0.4) is 0 Å². The summed E-state index contributed by atoms with van der Waals surface area (Å²) in [6.45, 7) is 4.04. The first kappa shape index (κ1) is 16.8. The standard InChI is InChI=1S/C18H25N3O3/c1-3-14-7-8-17(24-14)16-6-4-5-10-21(16)18(22)15-9-11-20(19-15)12-13-23-2/h7-9,11,16H,3-6,10,12-13H2,1-2H3/t16-/m1/s1. The van der Waals surface area contributed by atoms with Crippen LogP contribution < -0.4 is 0 Å².